The first-order valence-corrected chi connectivity index (χ1v) is 7.70. The van der Waals surface area contributed by atoms with Gasteiger partial charge in [0.25, 0.3) is 0 Å². The fourth-order valence-electron chi connectivity index (χ4n) is 3.10. The van der Waals surface area contributed by atoms with Crippen LogP contribution in [-0.4, -0.2) is 49.8 Å². The predicted molar refractivity (Wildman–Crippen MR) is 79.5 cm³/mol. The maximum Gasteiger partial charge on any atom is 0.161 e. The van der Waals surface area contributed by atoms with Gasteiger partial charge in [0.2, 0.25) is 0 Å². The molecule has 1 fully saturated rings. The zero-order chi connectivity index (χ0) is 13.8. The molecule has 20 heavy (non-hydrogen) atoms. The molecule has 4 nitrogen and oxygen atoms in total. The summed E-state index contributed by atoms with van der Waals surface area (Å²) in [6.45, 7) is 7.13. The van der Waals surface area contributed by atoms with Crippen molar-refractivity contribution in [2.75, 3.05) is 32.8 Å². The van der Waals surface area contributed by atoms with E-state index in [0.29, 0.717) is 12.6 Å². The Morgan fingerprint density at radius 3 is 2.90 bits per heavy atom. The average Bonchev–Trinajstić information content (AvgIpc) is 2.53. The molecule has 4 heteroatoms. The van der Waals surface area contributed by atoms with Crippen molar-refractivity contribution >= 4 is 0 Å². The molecule has 0 radical (unpaired) electrons. The third-order valence-corrected chi connectivity index (χ3v) is 4.20. The number of likely N-dealkylation sites (N-methyl/N-ethyl adjacent to an activating group) is 1. The van der Waals surface area contributed by atoms with Gasteiger partial charge in [-0.05, 0) is 38.1 Å². The number of hydrogen-bond donors (Lipinski definition) is 1. The molecule has 0 aromatic heterocycles. The second kappa shape index (κ2) is 6.46. The molecule has 3 rings (SSSR count). The van der Waals surface area contributed by atoms with E-state index in [4.69, 9.17) is 9.47 Å². The van der Waals surface area contributed by atoms with Gasteiger partial charge in [-0.15, -0.1) is 0 Å². The third-order valence-electron chi connectivity index (χ3n) is 4.20. The second-order valence-electron chi connectivity index (χ2n) is 5.59. The monoisotopic (exact) mass is 276 g/mol. The van der Waals surface area contributed by atoms with Crippen molar-refractivity contribution in [1.29, 1.82) is 0 Å². The smallest absolute Gasteiger partial charge is 0.161 e. The summed E-state index contributed by atoms with van der Waals surface area (Å²) in [7, 11) is 0. The van der Waals surface area contributed by atoms with Crippen LogP contribution in [0.2, 0.25) is 0 Å². The Hall–Kier alpha value is -1.26. The number of rotatable bonds is 4. The van der Waals surface area contributed by atoms with Crippen LogP contribution in [0.3, 0.4) is 0 Å². The molecule has 2 heterocycles. The van der Waals surface area contributed by atoms with Crippen LogP contribution >= 0.6 is 0 Å². The van der Waals surface area contributed by atoms with Crippen molar-refractivity contribution in [2.45, 2.75) is 31.9 Å². The maximum atomic E-state index is 6.07. The molecule has 2 aliphatic heterocycles. The zero-order valence-corrected chi connectivity index (χ0v) is 12.2. The first kappa shape index (κ1) is 13.7. The van der Waals surface area contributed by atoms with Crippen LogP contribution in [-0.2, 0) is 0 Å². The summed E-state index contributed by atoms with van der Waals surface area (Å²) in [5.74, 6) is 1.74. The van der Waals surface area contributed by atoms with Crippen molar-refractivity contribution in [3.8, 4) is 11.5 Å². The van der Waals surface area contributed by atoms with E-state index in [1.165, 1.54) is 12.8 Å². The molecular weight excluding hydrogens is 252 g/mol. The number of piperidine rings is 1. The summed E-state index contributed by atoms with van der Waals surface area (Å²) in [5.41, 5.74) is 0. The minimum absolute atomic E-state index is 0.131. The molecule has 2 aliphatic rings. The van der Waals surface area contributed by atoms with Crippen LogP contribution in [0.5, 0.6) is 11.5 Å². The summed E-state index contributed by atoms with van der Waals surface area (Å²) >= 11 is 0. The first-order valence-electron chi connectivity index (χ1n) is 7.70. The minimum atomic E-state index is 0.131. The van der Waals surface area contributed by atoms with Gasteiger partial charge in [0.05, 0.1) is 0 Å². The zero-order valence-electron chi connectivity index (χ0n) is 12.2. The van der Waals surface area contributed by atoms with Crippen LogP contribution in [0.15, 0.2) is 24.3 Å². The second-order valence-corrected chi connectivity index (χ2v) is 5.59. The standard InChI is InChI=1S/C16H24N2O2/c1-2-18(13-6-5-9-17-10-13)11-14-12-19-15-7-3-4-8-16(15)20-14/h3-4,7-8,13-14,17H,2,5-6,9-12H2,1H3. The molecule has 0 saturated carbocycles. The van der Waals surface area contributed by atoms with E-state index < -0.39 is 0 Å². The lowest BCUT2D eigenvalue weighted by Crippen LogP contribution is -2.50. The minimum Gasteiger partial charge on any atom is -0.486 e. The van der Waals surface area contributed by atoms with Crippen LogP contribution in [0.4, 0.5) is 0 Å². The highest BCUT2D eigenvalue weighted by atomic mass is 16.6. The van der Waals surface area contributed by atoms with Gasteiger partial charge in [0.1, 0.15) is 12.7 Å². The molecule has 2 atom stereocenters. The Labute approximate surface area is 121 Å². The summed E-state index contributed by atoms with van der Waals surface area (Å²) in [5, 5.41) is 3.49. The molecule has 2 unspecified atom stereocenters. The van der Waals surface area contributed by atoms with E-state index in [2.05, 4.69) is 17.1 Å². The van der Waals surface area contributed by atoms with Gasteiger partial charge in [-0.1, -0.05) is 19.1 Å². The molecule has 0 amide bonds. The fraction of sp³-hybridized carbons (Fsp3) is 0.625. The number of hydrogen-bond acceptors (Lipinski definition) is 4. The quantitative estimate of drug-likeness (QED) is 0.911. The van der Waals surface area contributed by atoms with Crippen LogP contribution in [0.1, 0.15) is 19.8 Å². The number of benzene rings is 1. The highest BCUT2D eigenvalue weighted by Crippen LogP contribution is 2.31. The Bertz CT molecular complexity index is 432. The SMILES string of the molecule is CCN(CC1COc2ccccc2O1)C1CCCNC1. The number of fused-ring (bicyclic) bond motifs is 1. The summed E-state index contributed by atoms with van der Waals surface area (Å²) in [4.78, 5) is 2.52. The topological polar surface area (TPSA) is 33.7 Å². The van der Waals surface area contributed by atoms with Gasteiger partial charge in [-0.3, -0.25) is 4.90 Å². The van der Waals surface area contributed by atoms with Gasteiger partial charge in [-0.25, -0.2) is 0 Å². The summed E-state index contributed by atoms with van der Waals surface area (Å²) < 4.78 is 11.9. The molecule has 1 saturated heterocycles. The molecule has 1 aromatic carbocycles. The fourth-order valence-corrected chi connectivity index (χ4v) is 3.10. The van der Waals surface area contributed by atoms with Crippen molar-refractivity contribution in [3.05, 3.63) is 24.3 Å². The van der Waals surface area contributed by atoms with Crippen molar-refractivity contribution in [1.82, 2.24) is 10.2 Å². The molecule has 0 aliphatic carbocycles. The number of para-hydroxylation sites is 2. The normalized spacial score (nSPS) is 25.7. The van der Waals surface area contributed by atoms with E-state index in [-0.39, 0.29) is 6.10 Å². The maximum absolute atomic E-state index is 6.07. The van der Waals surface area contributed by atoms with Gasteiger partial charge < -0.3 is 14.8 Å². The highest BCUT2D eigenvalue weighted by Gasteiger charge is 2.26. The van der Waals surface area contributed by atoms with Crippen LogP contribution < -0.4 is 14.8 Å². The van der Waals surface area contributed by atoms with Crippen molar-refractivity contribution in [3.63, 3.8) is 0 Å². The first-order chi connectivity index (χ1) is 9.86. The van der Waals surface area contributed by atoms with E-state index in [0.717, 1.165) is 37.7 Å². The van der Waals surface area contributed by atoms with E-state index in [1.54, 1.807) is 0 Å². The average molecular weight is 276 g/mol. The van der Waals surface area contributed by atoms with Gasteiger partial charge in [-0.2, -0.15) is 0 Å². The predicted octanol–water partition coefficient (Wildman–Crippen LogP) is 1.90. The lowest BCUT2D eigenvalue weighted by atomic mass is 10.1. The molecule has 0 bridgehead atoms. The lowest BCUT2D eigenvalue weighted by Gasteiger charge is -2.37. The van der Waals surface area contributed by atoms with E-state index in [9.17, 15) is 0 Å². The van der Waals surface area contributed by atoms with E-state index >= 15 is 0 Å². The Balaban J connectivity index is 1.60. The third kappa shape index (κ3) is 3.07. The largest absolute Gasteiger partial charge is 0.486 e. The number of ether oxygens (including phenoxy) is 2. The van der Waals surface area contributed by atoms with Crippen molar-refractivity contribution < 1.29 is 9.47 Å². The summed E-state index contributed by atoms with van der Waals surface area (Å²) in [6, 6.07) is 8.56. The molecule has 1 aromatic rings. The Morgan fingerprint density at radius 2 is 2.15 bits per heavy atom. The van der Waals surface area contributed by atoms with Gasteiger partial charge >= 0.3 is 0 Å². The van der Waals surface area contributed by atoms with Gasteiger partial charge in [0.15, 0.2) is 11.5 Å². The van der Waals surface area contributed by atoms with E-state index in [1.807, 2.05) is 24.3 Å². The lowest BCUT2D eigenvalue weighted by molar-refractivity contribution is 0.0426. The van der Waals surface area contributed by atoms with Crippen LogP contribution in [0.25, 0.3) is 0 Å². The molecule has 1 N–H and O–H groups in total. The number of nitrogens with one attached hydrogen (secondary N) is 1. The van der Waals surface area contributed by atoms with Crippen molar-refractivity contribution in [2.24, 2.45) is 0 Å². The number of nitrogens with zero attached hydrogens (tertiary/aromatic N) is 1. The molecule has 110 valence electrons. The Kier molecular flexibility index (Phi) is 4.43. The molecule has 0 spiro atoms. The summed E-state index contributed by atoms with van der Waals surface area (Å²) in [6.07, 6.45) is 2.68. The highest BCUT2D eigenvalue weighted by molar-refractivity contribution is 5.40. The van der Waals surface area contributed by atoms with Gasteiger partial charge in [0, 0.05) is 19.1 Å². The Morgan fingerprint density at radius 1 is 1.30 bits per heavy atom. The van der Waals surface area contributed by atoms with Crippen LogP contribution in [0, 0.1) is 0 Å². The molecular formula is C16H24N2O2.